The molecule has 3 heterocycles. The number of nitrogens with zero attached hydrogens (tertiary/aromatic N) is 2. The van der Waals surface area contributed by atoms with Gasteiger partial charge < -0.3 is 9.30 Å². The summed E-state index contributed by atoms with van der Waals surface area (Å²) >= 11 is 0. The van der Waals surface area contributed by atoms with Crippen molar-refractivity contribution in [1.82, 2.24) is 9.55 Å². The first-order valence-corrected chi connectivity index (χ1v) is 16.0. The molecule has 0 bridgehead atoms. The number of allylic oxidation sites excluding steroid dienone is 5. The van der Waals surface area contributed by atoms with E-state index in [1.807, 2.05) is 12.4 Å². The summed E-state index contributed by atoms with van der Waals surface area (Å²) in [5.74, 6) is 2.21. The number of hydrogen-bond donors (Lipinski definition) is 0. The zero-order valence-corrected chi connectivity index (χ0v) is 25.0. The second-order valence-electron chi connectivity index (χ2n) is 12.6. The summed E-state index contributed by atoms with van der Waals surface area (Å²) in [5.41, 5.74) is 10.2. The lowest BCUT2D eigenvalue weighted by Gasteiger charge is -2.26. The van der Waals surface area contributed by atoms with E-state index in [4.69, 9.17) is 4.74 Å². The van der Waals surface area contributed by atoms with E-state index in [1.54, 1.807) is 0 Å². The van der Waals surface area contributed by atoms with Crippen LogP contribution in [0.25, 0.3) is 38.6 Å². The SMILES string of the molecule is CCCCc1cncc(-c2ccccc2C2C=C(n3c4ccccc4c4c5c(ccc43)C3C=CCC(C)C3O5)C=CC2)c1. The number of hydrogen-bond acceptors (Lipinski definition) is 2. The van der Waals surface area contributed by atoms with Crippen LogP contribution in [0.4, 0.5) is 0 Å². The predicted molar refractivity (Wildman–Crippen MR) is 179 cm³/mol. The summed E-state index contributed by atoms with van der Waals surface area (Å²) in [6, 6.07) is 24.7. The van der Waals surface area contributed by atoms with Crippen molar-refractivity contribution in [1.29, 1.82) is 0 Å². The lowest BCUT2D eigenvalue weighted by molar-refractivity contribution is 0.153. The Morgan fingerprint density at radius 3 is 2.72 bits per heavy atom. The molecule has 0 fully saturated rings. The van der Waals surface area contributed by atoms with Gasteiger partial charge in [-0.3, -0.25) is 4.98 Å². The van der Waals surface area contributed by atoms with Crippen LogP contribution in [0.3, 0.4) is 0 Å². The van der Waals surface area contributed by atoms with Crippen molar-refractivity contribution in [3.05, 3.63) is 126 Å². The van der Waals surface area contributed by atoms with E-state index < -0.39 is 0 Å². The van der Waals surface area contributed by atoms with E-state index >= 15 is 0 Å². The van der Waals surface area contributed by atoms with Gasteiger partial charge >= 0.3 is 0 Å². The molecule has 4 atom stereocenters. The highest BCUT2D eigenvalue weighted by Crippen LogP contribution is 2.51. The molecule has 214 valence electrons. The monoisotopic (exact) mass is 562 g/mol. The molecule has 0 spiro atoms. The van der Waals surface area contributed by atoms with Crippen molar-refractivity contribution in [2.75, 3.05) is 0 Å². The van der Waals surface area contributed by atoms with Gasteiger partial charge in [0.25, 0.3) is 0 Å². The fourth-order valence-corrected chi connectivity index (χ4v) is 7.62. The number of unbranched alkanes of at least 4 members (excludes halogenated alkanes) is 1. The molecule has 0 saturated heterocycles. The Hall–Kier alpha value is -4.37. The quantitative estimate of drug-likeness (QED) is 0.193. The molecule has 3 aromatic carbocycles. The van der Waals surface area contributed by atoms with Crippen LogP contribution in [0, 0.1) is 5.92 Å². The maximum atomic E-state index is 6.83. The van der Waals surface area contributed by atoms with Crippen LogP contribution in [0.2, 0.25) is 0 Å². The van der Waals surface area contributed by atoms with Crippen molar-refractivity contribution in [2.24, 2.45) is 5.92 Å². The first-order chi connectivity index (χ1) is 21.2. The molecule has 0 amide bonds. The molecule has 4 unspecified atom stereocenters. The highest BCUT2D eigenvalue weighted by Gasteiger charge is 2.39. The van der Waals surface area contributed by atoms with Crippen molar-refractivity contribution in [2.45, 2.75) is 63.9 Å². The van der Waals surface area contributed by atoms with Gasteiger partial charge in [0.2, 0.25) is 0 Å². The number of aromatic nitrogens is 2. The third kappa shape index (κ3) is 4.36. The Morgan fingerprint density at radius 2 is 1.79 bits per heavy atom. The zero-order valence-electron chi connectivity index (χ0n) is 25.0. The molecule has 8 rings (SSSR count). The van der Waals surface area contributed by atoms with Crippen LogP contribution in [0.5, 0.6) is 5.75 Å². The summed E-state index contributed by atoms with van der Waals surface area (Å²) in [6.07, 6.45) is 21.6. The van der Waals surface area contributed by atoms with Crippen molar-refractivity contribution < 1.29 is 4.74 Å². The first-order valence-electron chi connectivity index (χ1n) is 16.0. The molecule has 1 aliphatic heterocycles. The van der Waals surface area contributed by atoms with Crippen LogP contribution in [0.15, 0.2) is 110 Å². The smallest absolute Gasteiger partial charge is 0.133 e. The van der Waals surface area contributed by atoms with Crippen LogP contribution in [0.1, 0.15) is 68.1 Å². The molecule has 3 aliphatic rings. The summed E-state index contributed by atoms with van der Waals surface area (Å²) < 4.78 is 9.28. The van der Waals surface area contributed by atoms with Crippen LogP contribution in [-0.4, -0.2) is 15.7 Å². The first kappa shape index (κ1) is 26.3. The summed E-state index contributed by atoms with van der Waals surface area (Å²) in [4.78, 5) is 4.63. The topological polar surface area (TPSA) is 27.1 Å². The van der Waals surface area contributed by atoms with Gasteiger partial charge in [0.15, 0.2) is 0 Å². The van der Waals surface area contributed by atoms with Crippen molar-refractivity contribution in [3.63, 3.8) is 0 Å². The fourth-order valence-electron chi connectivity index (χ4n) is 7.62. The molecule has 3 nitrogen and oxygen atoms in total. The summed E-state index contributed by atoms with van der Waals surface area (Å²) in [5, 5.41) is 2.51. The van der Waals surface area contributed by atoms with Crippen molar-refractivity contribution in [3.8, 4) is 16.9 Å². The number of rotatable bonds is 6. The lowest BCUT2D eigenvalue weighted by atomic mass is 9.82. The fraction of sp³-hybridized carbons (Fsp3) is 0.275. The van der Waals surface area contributed by atoms with Gasteiger partial charge in [-0.05, 0) is 72.6 Å². The van der Waals surface area contributed by atoms with Gasteiger partial charge in [0.05, 0.1) is 16.4 Å². The number of fused-ring (bicyclic) bond motifs is 7. The Morgan fingerprint density at radius 1 is 0.907 bits per heavy atom. The molecule has 43 heavy (non-hydrogen) atoms. The van der Waals surface area contributed by atoms with E-state index in [-0.39, 0.29) is 12.0 Å². The number of para-hydroxylation sites is 1. The molecule has 2 aromatic heterocycles. The second-order valence-corrected chi connectivity index (χ2v) is 12.6. The summed E-state index contributed by atoms with van der Waals surface area (Å²) in [6.45, 7) is 4.56. The Balaban J connectivity index is 1.24. The van der Waals surface area contributed by atoms with Gasteiger partial charge in [-0.25, -0.2) is 0 Å². The van der Waals surface area contributed by atoms with Gasteiger partial charge in [0.1, 0.15) is 11.9 Å². The Labute approximate surface area is 254 Å². The van der Waals surface area contributed by atoms with Gasteiger partial charge in [-0.2, -0.15) is 0 Å². The predicted octanol–water partition coefficient (Wildman–Crippen LogP) is 10.2. The maximum Gasteiger partial charge on any atom is 0.133 e. The molecule has 0 radical (unpaired) electrons. The number of pyridine rings is 1. The average molecular weight is 563 g/mol. The minimum absolute atomic E-state index is 0.220. The molecular weight excluding hydrogens is 524 g/mol. The van der Waals surface area contributed by atoms with Crippen LogP contribution >= 0.6 is 0 Å². The van der Waals surface area contributed by atoms with Gasteiger partial charge in [-0.15, -0.1) is 0 Å². The van der Waals surface area contributed by atoms with Gasteiger partial charge in [-0.1, -0.05) is 93.1 Å². The molecule has 5 aromatic rings. The van der Waals surface area contributed by atoms with Crippen LogP contribution in [-0.2, 0) is 6.42 Å². The van der Waals surface area contributed by atoms with E-state index in [9.17, 15) is 0 Å². The van der Waals surface area contributed by atoms with E-state index in [0.717, 1.165) is 25.0 Å². The average Bonchev–Trinajstić information content (AvgIpc) is 3.61. The van der Waals surface area contributed by atoms with E-state index in [1.165, 1.54) is 68.2 Å². The van der Waals surface area contributed by atoms with Crippen LogP contribution < -0.4 is 4.74 Å². The third-order valence-corrected chi connectivity index (χ3v) is 9.79. The molecule has 3 heteroatoms. The Kier molecular flexibility index (Phi) is 6.55. The van der Waals surface area contributed by atoms with Gasteiger partial charge in [0, 0.05) is 46.4 Å². The lowest BCUT2D eigenvalue weighted by Crippen LogP contribution is -2.28. The second kappa shape index (κ2) is 10.7. The molecule has 2 aliphatic carbocycles. The minimum atomic E-state index is 0.220. The number of aryl methyl sites for hydroxylation is 1. The standard InChI is InChI=1S/C40H38N2O/c1-3-4-12-27-22-29(25-41-24-27)32-16-6-5-15-31(32)28-13-10-14-30(23-28)42-36-19-8-7-17-35(36)38-37(42)21-20-34-33-18-9-11-26(2)39(33)43-40(34)38/h5-10,14-26,28,33,39H,3-4,11-13H2,1-2H3. The Bertz CT molecular complexity index is 1940. The largest absolute Gasteiger partial charge is 0.488 e. The number of ether oxygens (including phenoxy) is 1. The third-order valence-electron chi connectivity index (χ3n) is 9.79. The van der Waals surface area contributed by atoms with Crippen molar-refractivity contribution >= 4 is 27.5 Å². The molecular formula is C40H38N2O. The minimum Gasteiger partial charge on any atom is -0.488 e. The highest BCUT2D eigenvalue weighted by atomic mass is 16.5. The normalized spacial score (nSPS) is 22.4. The summed E-state index contributed by atoms with van der Waals surface area (Å²) in [7, 11) is 0. The van der Waals surface area contributed by atoms with E-state index in [0.29, 0.717) is 11.8 Å². The van der Waals surface area contributed by atoms with E-state index in [2.05, 4.69) is 121 Å². The zero-order chi connectivity index (χ0) is 28.9. The maximum absolute atomic E-state index is 6.83. The molecule has 0 saturated carbocycles. The number of benzene rings is 3. The highest BCUT2D eigenvalue weighted by molar-refractivity contribution is 6.14. The molecule has 0 N–H and O–H groups in total.